The number of nitrogens with one attached hydrogen (secondary N) is 2. The Kier molecular flexibility index (Phi) is 11.7. The van der Waals surface area contributed by atoms with Crippen LogP contribution in [0.4, 0.5) is 11.6 Å². The number of aromatic nitrogens is 3. The quantitative estimate of drug-likeness (QED) is 0.144. The van der Waals surface area contributed by atoms with E-state index < -0.39 is 0 Å². The molecule has 3 aromatic carbocycles. The highest BCUT2D eigenvalue weighted by Crippen LogP contribution is 2.34. The SMILES string of the molecule is CC(C)CCCC(=O)Nc1nc2ccc(-c3ccc4c(c3)CN(c3ccnc5ccccc35)CCO4)cc2[nH]1.CCCCCCC. The first kappa shape index (κ1) is 33.0. The molecular weight excluding hydrogens is 570 g/mol. The average Bonchev–Trinajstić information content (AvgIpc) is 3.33. The molecule has 3 heterocycles. The number of carbonyl (C=O) groups is 1. The van der Waals surface area contributed by atoms with Crippen LogP contribution in [0.15, 0.2) is 72.9 Å². The van der Waals surface area contributed by atoms with Gasteiger partial charge in [-0.1, -0.05) is 96.6 Å². The van der Waals surface area contributed by atoms with E-state index in [1.54, 1.807) is 0 Å². The van der Waals surface area contributed by atoms with Gasteiger partial charge in [0, 0.05) is 35.8 Å². The molecular formula is C39H49N5O2. The molecule has 1 amide bonds. The van der Waals surface area contributed by atoms with Gasteiger partial charge in [-0.25, -0.2) is 4.98 Å². The number of nitrogens with zero attached hydrogens (tertiary/aromatic N) is 3. The third-order valence-electron chi connectivity index (χ3n) is 8.47. The van der Waals surface area contributed by atoms with E-state index in [0.717, 1.165) is 70.3 Å². The number of imidazole rings is 1. The molecule has 6 rings (SSSR count). The number of carbonyl (C=O) groups excluding carboxylic acids is 1. The molecule has 7 nitrogen and oxygen atoms in total. The van der Waals surface area contributed by atoms with Crippen LogP contribution < -0.4 is 15.0 Å². The van der Waals surface area contributed by atoms with E-state index in [2.05, 4.69) is 107 Å². The molecule has 5 aromatic rings. The number of aromatic amines is 1. The zero-order valence-electron chi connectivity index (χ0n) is 27.9. The lowest BCUT2D eigenvalue weighted by molar-refractivity contribution is -0.116. The Labute approximate surface area is 273 Å². The minimum Gasteiger partial charge on any atom is -0.491 e. The van der Waals surface area contributed by atoms with Crippen molar-refractivity contribution in [3.05, 3.63) is 78.5 Å². The zero-order chi connectivity index (χ0) is 32.3. The summed E-state index contributed by atoms with van der Waals surface area (Å²) in [6.07, 6.45) is 11.3. The van der Waals surface area contributed by atoms with E-state index in [0.29, 0.717) is 24.9 Å². The predicted molar refractivity (Wildman–Crippen MR) is 192 cm³/mol. The fourth-order valence-electron chi connectivity index (χ4n) is 5.93. The third kappa shape index (κ3) is 8.65. The first-order valence-electron chi connectivity index (χ1n) is 17.1. The van der Waals surface area contributed by atoms with Gasteiger partial charge >= 0.3 is 0 Å². The first-order chi connectivity index (χ1) is 22.4. The summed E-state index contributed by atoms with van der Waals surface area (Å²) < 4.78 is 6.14. The van der Waals surface area contributed by atoms with Crippen LogP contribution in [-0.4, -0.2) is 34.0 Å². The molecule has 0 unspecified atom stereocenters. The Morgan fingerprint density at radius 1 is 0.935 bits per heavy atom. The zero-order valence-corrected chi connectivity index (χ0v) is 27.9. The Morgan fingerprint density at radius 3 is 2.52 bits per heavy atom. The maximum absolute atomic E-state index is 12.3. The lowest BCUT2D eigenvalue weighted by Gasteiger charge is -2.23. The largest absolute Gasteiger partial charge is 0.491 e. The number of H-pyrrole nitrogens is 1. The Hall–Kier alpha value is -4.39. The van der Waals surface area contributed by atoms with Crippen LogP contribution in [-0.2, 0) is 11.3 Å². The lowest BCUT2D eigenvalue weighted by Crippen LogP contribution is -2.25. The van der Waals surface area contributed by atoms with Crippen LogP contribution in [0, 0.1) is 5.92 Å². The number of pyridine rings is 1. The molecule has 0 aliphatic carbocycles. The van der Waals surface area contributed by atoms with Crippen LogP contribution in [0.25, 0.3) is 33.1 Å². The molecule has 0 saturated carbocycles. The molecule has 1 aliphatic rings. The van der Waals surface area contributed by atoms with Crippen LogP contribution >= 0.6 is 0 Å². The highest BCUT2D eigenvalue weighted by molar-refractivity contribution is 5.92. The fourth-order valence-corrected chi connectivity index (χ4v) is 5.93. The van der Waals surface area contributed by atoms with Crippen molar-refractivity contribution in [2.24, 2.45) is 5.92 Å². The topological polar surface area (TPSA) is 83.1 Å². The molecule has 2 N–H and O–H groups in total. The van der Waals surface area contributed by atoms with E-state index in [-0.39, 0.29) is 5.91 Å². The predicted octanol–water partition coefficient (Wildman–Crippen LogP) is 9.92. The minimum atomic E-state index is -0.00721. The molecule has 0 fully saturated rings. The van der Waals surface area contributed by atoms with E-state index in [4.69, 9.17) is 4.74 Å². The van der Waals surface area contributed by atoms with Crippen molar-refractivity contribution >= 4 is 39.5 Å². The maximum Gasteiger partial charge on any atom is 0.226 e. The van der Waals surface area contributed by atoms with Gasteiger partial charge in [-0.2, -0.15) is 0 Å². The summed E-state index contributed by atoms with van der Waals surface area (Å²) in [5.74, 6) is 2.00. The van der Waals surface area contributed by atoms with Gasteiger partial charge in [0.05, 0.1) is 23.1 Å². The number of fused-ring (bicyclic) bond motifs is 3. The second kappa shape index (κ2) is 16.3. The van der Waals surface area contributed by atoms with Gasteiger partial charge in [0.1, 0.15) is 12.4 Å². The molecule has 0 spiro atoms. The van der Waals surface area contributed by atoms with Crippen molar-refractivity contribution in [2.75, 3.05) is 23.4 Å². The number of anilines is 2. The normalized spacial score (nSPS) is 12.8. The van der Waals surface area contributed by atoms with E-state index in [1.807, 2.05) is 18.3 Å². The highest BCUT2D eigenvalue weighted by atomic mass is 16.5. The summed E-state index contributed by atoms with van der Waals surface area (Å²) >= 11 is 0. The number of amides is 1. The van der Waals surface area contributed by atoms with Crippen molar-refractivity contribution in [3.63, 3.8) is 0 Å². The molecule has 7 heteroatoms. The highest BCUT2D eigenvalue weighted by Gasteiger charge is 2.19. The van der Waals surface area contributed by atoms with Gasteiger partial charge in [0.15, 0.2) is 0 Å². The second-order valence-corrected chi connectivity index (χ2v) is 12.7. The smallest absolute Gasteiger partial charge is 0.226 e. The van der Waals surface area contributed by atoms with E-state index in [1.165, 1.54) is 37.8 Å². The molecule has 0 radical (unpaired) electrons. The molecule has 0 bridgehead atoms. The number of hydrogen-bond donors (Lipinski definition) is 2. The average molecular weight is 620 g/mol. The Bertz CT molecular complexity index is 1720. The number of benzene rings is 3. The summed E-state index contributed by atoms with van der Waals surface area (Å²) in [5.41, 5.74) is 7.20. The maximum atomic E-state index is 12.3. The number of ether oxygens (including phenoxy) is 1. The summed E-state index contributed by atoms with van der Waals surface area (Å²) in [4.78, 5) is 27.1. The van der Waals surface area contributed by atoms with Crippen LogP contribution in [0.2, 0.25) is 0 Å². The van der Waals surface area contributed by atoms with Crippen molar-refractivity contribution < 1.29 is 9.53 Å². The number of hydrogen-bond acceptors (Lipinski definition) is 5. The van der Waals surface area contributed by atoms with E-state index in [9.17, 15) is 4.79 Å². The van der Waals surface area contributed by atoms with Crippen LogP contribution in [0.1, 0.15) is 84.6 Å². The second-order valence-electron chi connectivity index (χ2n) is 12.7. The summed E-state index contributed by atoms with van der Waals surface area (Å²) in [6.45, 7) is 11.0. The van der Waals surface area contributed by atoms with Gasteiger partial charge in [0.2, 0.25) is 11.9 Å². The summed E-state index contributed by atoms with van der Waals surface area (Å²) in [6, 6.07) is 22.9. The number of unbranched alkanes of at least 4 members (excludes halogenated alkanes) is 4. The molecule has 46 heavy (non-hydrogen) atoms. The van der Waals surface area contributed by atoms with Crippen molar-refractivity contribution in [2.45, 2.75) is 85.6 Å². The van der Waals surface area contributed by atoms with Gasteiger partial charge in [-0.05, 0) is 59.9 Å². The number of rotatable bonds is 11. The van der Waals surface area contributed by atoms with E-state index >= 15 is 0 Å². The summed E-state index contributed by atoms with van der Waals surface area (Å²) in [5, 5.41) is 4.06. The molecule has 2 aromatic heterocycles. The van der Waals surface area contributed by atoms with Crippen LogP contribution in [0.5, 0.6) is 5.75 Å². The van der Waals surface area contributed by atoms with Crippen LogP contribution in [0.3, 0.4) is 0 Å². The van der Waals surface area contributed by atoms with Gasteiger partial charge < -0.3 is 14.6 Å². The Morgan fingerprint density at radius 2 is 1.72 bits per heavy atom. The van der Waals surface area contributed by atoms with Gasteiger partial charge in [-0.3, -0.25) is 15.1 Å². The molecule has 242 valence electrons. The molecule has 0 atom stereocenters. The molecule has 0 saturated heterocycles. The third-order valence-corrected chi connectivity index (χ3v) is 8.47. The first-order valence-corrected chi connectivity index (χ1v) is 17.1. The van der Waals surface area contributed by atoms with Crippen molar-refractivity contribution in [1.82, 2.24) is 15.0 Å². The fraction of sp³-hybridized carbons (Fsp3) is 0.410. The minimum absolute atomic E-state index is 0.00721. The Balaban J connectivity index is 0.000000537. The van der Waals surface area contributed by atoms with Crippen molar-refractivity contribution in [1.29, 1.82) is 0 Å². The monoisotopic (exact) mass is 619 g/mol. The standard InChI is InChI=1S/C32H33N5O2.C7H16/c1-21(2)6-5-9-31(38)36-32-34-27-12-10-23(19-28(27)35-32)22-11-13-30-24(18-22)20-37(16-17-39-30)29-14-15-33-26-8-4-3-7-25(26)29;1-3-5-7-6-4-2/h3-4,7-8,10-15,18-19,21H,5-6,9,16-17,20H2,1-2H3,(H2,34,35,36,38);3-7H2,1-2H3. The van der Waals surface area contributed by atoms with Gasteiger partial charge in [-0.15, -0.1) is 0 Å². The molecule has 1 aliphatic heterocycles. The number of para-hydroxylation sites is 1. The van der Waals surface area contributed by atoms with Gasteiger partial charge in [0.25, 0.3) is 0 Å². The van der Waals surface area contributed by atoms with Crippen molar-refractivity contribution in [3.8, 4) is 16.9 Å². The lowest BCUT2D eigenvalue weighted by atomic mass is 10.0. The summed E-state index contributed by atoms with van der Waals surface area (Å²) in [7, 11) is 0.